The van der Waals surface area contributed by atoms with Crippen LogP contribution in [0.15, 0.2) is 10.7 Å². The maximum absolute atomic E-state index is 10.3. The van der Waals surface area contributed by atoms with E-state index in [1.807, 2.05) is 0 Å². The van der Waals surface area contributed by atoms with Gasteiger partial charge < -0.3 is 9.52 Å². The van der Waals surface area contributed by atoms with Crippen molar-refractivity contribution in [3.05, 3.63) is 17.8 Å². The first kappa shape index (κ1) is 8.29. The number of hydrogen-bond donors (Lipinski definition) is 1. The Morgan fingerprint density at radius 2 is 2.46 bits per heavy atom. The summed E-state index contributed by atoms with van der Waals surface area (Å²) in [6.07, 6.45) is 4.45. The molecule has 1 saturated carbocycles. The highest BCUT2D eigenvalue weighted by Gasteiger charge is 2.28. The molecule has 1 aliphatic rings. The van der Waals surface area contributed by atoms with Gasteiger partial charge in [-0.1, -0.05) is 0 Å². The van der Waals surface area contributed by atoms with Crippen LogP contribution in [0.3, 0.4) is 0 Å². The van der Waals surface area contributed by atoms with Gasteiger partial charge in [0, 0.05) is 12.3 Å². The molecule has 2 rings (SSSR count). The summed E-state index contributed by atoms with van der Waals surface area (Å²) in [4.78, 5) is 14.5. The average molecular weight is 181 g/mol. The summed E-state index contributed by atoms with van der Waals surface area (Å²) in [6, 6.07) is 0. The fourth-order valence-corrected chi connectivity index (χ4v) is 1.19. The Labute approximate surface area is 75.6 Å². The van der Waals surface area contributed by atoms with Gasteiger partial charge in [-0.2, -0.15) is 0 Å². The van der Waals surface area contributed by atoms with E-state index in [9.17, 15) is 4.79 Å². The van der Waals surface area contributed by atoms with Crippen molar-refractivity contribution in [2.45, 2.75) is 31.6 Å². The molecule has 4 nitrogen and oxygen atoms in total. The predicted molar refractivity (Wildman–Crippen MR) is 44.4 cm³/mol. The number of nitrogens with zero attached hydrogens (tertiary/aromatic N) is 1. The number of aromatic nitrogens is 1. The second kappa shape index (κ2) is 3.20. The molecule has 1 aromatic heterocycles. The van der Waals surface area contributed by atoms with Crippen molar-refractivity contribution in [1.82, 2.24) is 4.98 Å². The SMILES string of the molecule is O=C(O)CCc1coc(C2CC2)n1. The number of aryl methyl sites for hydroxylation is 1. The van der Waals surface area contributed by atoms with Crippen molar-refractivity contribution in [3.8, 4) is 0 Å². The minimum atomic E-state index is -0.795. The minimum Gasteiger partial charge on any atom is -0.481 e. The van der Waals surface area contributed by atoms with Crippen LogP contribution in [0.4, 0.5) is 0 Å². The van der Waals surface area contributed by atoms with Crippen LogP contribution in [0.2, 0.25) is 0 Å². The van der Waals surface area contributed by atoms with Crippen molar-refractivity contribution in [2.75, 3.05) is 0 Å². The summed E-state index contributed by atoms with van der Waals surface area (Å²) in [6.45, 7) is 0. The van der Waals surface area contributed by atoms with Gasteiger partial charge in [0.1, 0.15) is 6.26 Å². The Bertz CT molecular complexity index is 314. The van der Waals surface area contributed by atoms with Gasteiger partial charge in [-0.05, 0) is 12.8 Å². The molecule has 1 heterocycles. The standard InChI is InChI=1S/C9H11NO3/c11-8(12)4-3-7-5-13-9(10-7)6-1-2-6/h5-6H,1-4H2,(H,11,12). The van der Waals surface area contributed by atoms with E-state index in [2.05, 4.69) is 4.98 Å². The van der Waals surface area contributed by atoms with Crippen molar-refractivity contribution in [1.29, 1.82) is 0 Å². The lowest BCUT2D eigenvalue weighted by Gasteiger charge is -1.88. The summed E-state index contributed by atoms with van der Waals surface area (Å²) >= 11 is 0. The first-order chi connectivity index (χ1) is 6.25. The Kier molecular flexibility index (Phi) is 2.04. The van der Waals surface area contributed by atoms with Crippen LogP contribution in [0, 0.1) is 0 Å². The predicted octanol–water partition coefficient (Wildman–Crippen LogP) is 1.57. The number of carboxylic acids is 1. The van der Waals surface area contributed by atoms with Crippen molar-refractivity contribution in [3.63, 3.8) is 0 Å². The van der Waals surface area contributed by atoms with Gasteiger partial charge >= 0.3 is 5.97 Å². The zero-order chi connectivity index (χ0) is 9.26. The summed E-state index contributed by atoms with van der Waals surface area (Å²) in [5, 5.41) is 8.44. The summed E-state index contributed by atoms with van der Waals surface area (Å²) < 4.78 is 5.22. The van der Waals surface area contributed by atoms with E-state index in [1.54, 1.807) is 6.26 Å². The van der Waals surface area contributed by atoms with Gasteiger partial charge in [0.05, 0.1) is 12.1 Å². The van der Waals surface area contributed by atoms with Gasteiger partial charge in [0.25, 0.3) is 0 Å². The molecule has 13 heavy (non-hydrogen) atoms. The molecule has 0 spiro atoms. The van der Waals surface area contributed by atoms with Crippen molar-refractivity contribution >= 4 is 5.97 Å². The molecule has 0 aliphatic heterocycles. The van der Waals surface area contributed by atoms with Crippen LogP contribution in [-0.4, -0.2) is 16.1 Å². The average Bonchev–Trinajstić information content (AvgIpc) is 2.83. The number of carboxylic acid groups (broad SMARTS) is 1. The smallest absolute Gasteiger partial charge is 0.303 e. The Morgan fingerprint density at radius 3 is 3.08 bits per heavy atom. The molecule has 0 atom stereocenters. The minimum absolute atomic E-state index is 0.122. The fraction of sp³-hybridized carbons (Fsp3) is 0.556. The molecule has 1 N–H and O–H groups in total. The molecule has 4 heteroatoms. The molecule has 1 aliphatic carbocycles. The number of rotatable bonds is 4. The third kappa shape index (κ3) is 2.08. The maximum Gasteiger partial charge on any atom is 0.303 e. The highest BCUT2D eigenvalue weighted by molar-refractivity contribution is 5.66. The molecule has 1 fully saturated rings. The molecular formula is C9H11NO3. The van der Waals surface area contributed by atoms with E-state index < -0.39 is 5.97 Å². The van der Waals surface area contributed by atoms with Gasteiger partial charge in [-0.3, -0.25) is 4.79 Å². The Balaban J connectivity index is 1.92. The van der Waals surface area contributed by atoms with E-state index in [4.69, 9.17) is 9.52 Å². The molecule has 0 saturated heterocycles. The van der Waals surface area contributed by atoms with E-state index in [0.29, 0.717) is 12.3 Å². The first-order valence-electron chi connectivity index (χ1n) is 4.42. The number of aliphatic carboxylic acids is 1. The fourth-order valence-electron chi connectivity index (χ4n) is 1.19. The van der Waals surface area contributed by atoms with Crippen LogP contribution < -0.4 is 0 Å². The molecule has 0 amide bonds. The van der Waals surface area contributed by atoms with Crippen LogP contribution in [0.25, 0.3) is 0 Å². The Morgan fingerprint density at radius 1 is 1.69 bits per heavy atom. The zero-order valence-corrected chi connectivity index (χ0v) is 7.19. The van der Waals surface area contributed by atoms with Crippen LogP contribution >= 0.6 is 0 Å². The van der Waals surface area contributed by atoms with E-state index in [-0.39, 0.29) is 6.42 Å². The van der Waals surface area contributed by atoms with E-state index >= 15 is 0 Å². The van der Waals surface area contributed by atoms with Gasteiger partial charge in [-0.15, -0.1) is 0 Å². The number of hydrogen-bond acceptors (Lipinski definition) is 3. The quantitative estimate of drug-likeness (QED) is 0.765. The highest BCUT2D eigenvalue weighted by atomic mass is 16.4. The normalized spacial score (nSPS) is 16.0. The van der Waals surface area contributed by atoms with Gasteiger partial charge in [0.15, 0.2) is 5.89 Å². The third-order valence-electron chi connectivity index (χ3n) is 2.09. The zero-order valence-electron chi connectivity index (χ0n) is 7.19. The topological polar surface area (TPSA) is 63.3 Å². The van der Waals surface area contributed by atoms with Crippen LogP contribution in [0.1, 0.15) is 36.8 Å². The molecule has 0 bridgehead atoms. The summed E-state index contributed by atoms with van der Waals surface area (Å²) in [7, 11) is 0. The highest BCUT2D eigenvalue weighted by Crippen LogP contribution is 2.39. The van der Waals surface area contributed by atoms with Crippen molar-refractivity contribution in [2.24, 2.45) is 0 Å². The Hall–Kier alpha value is -1.32. The van der Waals surface area contributed by atoms with E-state index in [1.165, 1.54) is 0 Å². The second-order valence-electron chi connectivity index (χ2n) is 3.35. The van der Waals surface area contributed by atoms with Crippen molar-refractivity contribution < 1.29 is 14.3 Å². The van der Waals surface area contributed by atoms with Crippen LogP contribution in [-0.2, 0) is 11.2 Å². The maximum atomic E-state index is 10.3. The number of carbonyl (C=O) groups is 1. The molecule has 70 valence electrons. The third-order valence-corrected chi connectivity index (χ3v) is 2.09. The summed E-state index contributed by atoms with van der Waals surface area (Å²) in [5.74, 6) is 0.481. The van der Waals surface area contributed by atoms with Crippen LogP contribution in [0.5, 0.6) is 0 Å². The summed E-state index contributed by atoms with van der Waals surface area (Å²) in [5.41, 5.74) is 0.754. The molecular weight excluding hydrogens is 170 g/mol. The lowest BCUT2D eigenvalue weighted by atomic mass is 10.2. The first-order valence-corrected chi connectivity index (χ1v) is 4.42. The van der Waals surface area contributed by atoms with Gasteiger partial charge in [-0.25, -0.2) is 4.98 Å². The monoisotopic (exact) mass is 181 g/mol. The lowest BCUT2D eigenvalue weighted by Crippen LogP contribution is -1.97. The van der Waals surface area contributed by atoms with E-state index in [0.717, 1.165) is 24.4 Å². The second-order valence-corrected chi connectivity index (χ2v) is 3.35. The van der Waals surface area contributed by atoms with Gasteiger partial charge in [0.2, 0.25) is 0 Å². The largest absolute Gasteiger partial charge is 0.481 e. The molecule has 0 radical (unpaired) electrons. The number of oxazole rings is 1. The molecule has 0 aromatic carbocycles. The molecule has 0 unspecified atom stereocenters. The lowest BCUT2D eigenvalue weighted by molar-refractivity contribution is -0.136. The molecule has 1 aromatic rings.